The van der Waals surface area contributed by atoms with E-state index in [-0.39, 0.29) is 23.4 Å². The van der Waals surface area contributed by atoms with Crippen LogP contribution in [0.15, 0.2) is 0 Å². The second-order valence-corrected chi connectivity index (χ2v) is 6.05. The summed E-state index contributed by atoms with van der Waals surface area (Å²) in [6.45, 7) is 0.139. The van der Waals surface area contributed by atoms with E-state index in [9.17, 15) is 15.2 Å². The van der Waals surface area contributed by atoms with Crippen molar-refractivity contribution in [3.8, 4) is 0 Å². The maximum Gasteiger partial charge on any atom is 0.216 e. The number of hydrogen-bond acceptors (Lipinski definition) is 3. The summed E-state index contributed by atoms with van der Waals surface area (Å²) in [4.78, 5) is 11.1. The molecule has 0 aliphatic heterocycles. The van der Waals surface area contributed by atoms with Gasteiger partial charge in [-0.15, -0.1) is 0 Å². The van der Waals surface area contributed by atoms with Gasteiger partial charge in [0.1, 0.15) is 0 Å². The molecule has 2 saturated carbocycles. The maximum absolute atomic E-state index is 11.2. The number of aliphatic hydroxyl groups excluding tert-OH is 1. The zero-order chi connectivity index (χ0) is 13.0. The Balaban J connectivity index is 2.06. The molecule has 3 atom stereocenters. The Labute approximate surface area is 109 Å². The van der Waals surface area contributed by atoms with Crippen LogP contribution in [0.5, 0.6) is 0 Å². The van der Waals surface area contributed by atoms with E-state index in [0.717, 1.165) is 32.1 Å². The normalized spacial score (nSPS) is 32.1. The lowest BCUT2D eigenvalue weighted by Crippen LogP contribution is -2.41. The Kier molecular flexibility index (Phi) is 4.98. The lowest BCUT2D eigenvalue weighted by Gasteiger charge is -2.37. The highest BCUT2D eigenvalue weighted by atomic mass is 16.6. The molecule has 0 aromatic heterocycles. The van der Waals surface area contributed by atoms with Crippen LogP contribution in [0, 0.1) is 27.9 Å². The van der Waals surface area contributed by atoms with E-state index >= 15 is 0 Å². The first kappa shape index (κ1) is 13.8. The van der Waals surface area contributed by atoms with Gasteiger partial charge in [0.15, 0.2) is 0 Å². The van der Waals surface area contributed by atoms with Crippen LogP contribution < -0.4 is 0 Å². The number of aliphatic hydroxyl groups is 1. The van der Waals surface area contributed by atoms with Crippen LogP contribution in [-0.2, 0) is 0 Å². The van der Waals surface area contributed by atoms with E-state index in [1.165, 1.54) is 19.3 Å². The smallest absolute Gasteiger partial charge is 0.216 e. The Morgan fingerprint density at radius 3 is 2.28 bits per heavy atom. The first-order valence-electron chi connectivity index (χ1n) is 7.48. The number of rotatable bonds is 4. The van der Waals surface area contributed by atoms with Crippen LogP contribution in [0.25, 0.3) is 0 Å². The summed E-state index contributed by atoms with van der Waals surface area (Å²) in [6.07, 6.45) is 9.79. The van der Waals surface area contributed by atoms with Crippen molar-refractivity contribution in [2.75, 3.05) is 6.61 Å². The van der Waals surface area contributed by atoms with Crippen molar-refractivity contribution in [3.63, 3.8) is 0 Å². The van der Waals surface area contributed by atoms with Gasteiger partial charge in [0, 0.05) is 23.9 Å². The molecule has 4 nitrogen and oxygen atoms in total. The van der Waals surface area contributed by atoms with Gasteiger partial charge in [0.25, 0.3) is 0 Å². The number of hydrogen-bond donors (Lipinski definition) is 1. The van der Waals surface area contributed by atoms with Crippen LogP contribution in [0.4, 0.5) is 0 Å². The highest BCUT2D eigenvalue weighted by Gasteiger charge is 2.41. The molecule has 0 amide bonds. The molecule has 1 unspecified atom stereocenters. The fourth-order valence-electron chi connectivity index (χ4n) is 4.10. The van der Waals surface area contributed by atoms with E-state index in [4.69, 9.17) is 0 Å². The lowest BCUT2D eigenvalue weighted by atomic mass is 9.68. The standard InChI is InChI=1S/C14H25NO3/c16-10-13(11-6-2-1-3-7-11)12-8-4-5-9-14(12)15(17)18/h11-14,16H,1-10H2/t12-,13?,14-/m0/s1. The van der Waals surface area contributed by atoms with E-state index in [1.807, 2.05) is 0 Å². The molecule has 0 saturated heterocycles. The zero-order valence-electron chi connectivity index (χ0n) is 11.1. The molecule has 104 valence electrons. The molecule has 4 heteroatoms. The fourth-order valence-corrected chi connectivity index (χ4v) is 4.10. The van der Waals surface area contributed by atoms with Gasteiger partial charge in [-0.05, 0) is 24.7 Å². The summed E-state index contributed by atoms with van der Waals surface area (Å²) in [7, 11) is 0. The topological polar surface area (TPSA) is 63.4 Å². The van der Waals surface area contributed by atoms with Gasteiger partial charge >= 0.3 is 0 Å². The highest BCUT2D eigenvalue weighted by molar-refractivity contribution is 4.85. The molecule has 2 aliphatic carbocycles. The van der Waals surface area contributed by atoms with E-state index in [0.29, 0.717) is 12.3 Å². The zero-order valence-corrected chi connectivity index (χ0v) is 11.1. The minimum Gasteiger partial charge on any atom is -0.396 e. The van der Waals surface area contributed by atoms with Crippen molar-refractivity contribution < 1.29 is 10.0 Å². The monoisotopic (exact) mass is 255 g/mol. The molecule has 1 N–H and O–H groups in total. The van der Waals surface area contributed by atoms with Crippen molar-refractivity contribution >= 4 is 0 Å². The van der Waals surface area contributed by atoms with E-state index < -0.39 is 6.04 Å². The van der Waals surface area contributed by atoms with Crippen molar-refractivity contribution in [3.05, 3.63) is 10.1 Å². The average Bonchev–Trinajstić information content (AvgIpc) is 2.41. The third-order valence-electron chi connectivity index (χ3n) is 5.07. The first-order chi connectivity index (χ1) is 8.74. The van der Waals surface area contributed by atoms with Gasteiger partial charge in [-0.2, -0.15) is 0 Å². The second kappa shape index (κ2) is 6.50. The number of nitrogens with zero attached hydrogens (tertiary/aromatic N) is 1. The van der Waals surface area contributed by atoms with Crippen LogP contribution in [0.3, 0.4) is 0 Å². The molecule has 18 heavy (non-hydrogen) atoms. The van der Waals surface area contributed by atoms with Crippen LogP contribution >= 0.6 is 0 Å². The van der Waals surface area contributed by atoms with Crippen molar-refractivity contribution in [2.24, 2.45) is 17.8 Å². The van der Waals surface area contributed by atoms with E-state index in [1.54, 1.807) is 0 Å². The third kappa shape index (κ3) is 3.02. The predicted molar refractivity (Wildman–Crippen MR) is 69.9 cm³/mol. The Morgan fingerprint density at radius 1 is 1.06 bits per heavy atom. The molecular formula is C14H25NO3. The molecule has 0 aromatic rings. The fraction of sp³-hybridized carbons (Fsp3) is 1.00. The summed E-state index contributed by atoms with van der Waals surface area (Å²) in [5.74, 6) is 0.803. The Bertz CT molecular complexity index is 276. The third-order valence-corrected chi connectivity index (χ3v) is 5.07. The quantitative estimate of drug-likeness (QED) is 0.620. The summed E-state index contributed by atoms with van der Waals surface area (Å²) >= 11 is 0. The summed E-state index contributed by atoms with van der Waals surface area (Å²) < 4.78 is 0. The first-order valence-corrected chi connectivity index (χ1v) is 7.48. The summed E-state index contributed by atoms with van der Waals surface area (Å²) in [5, 5.41) is 20.9. The van der Waals surface area contributed by atoms with Crippen molar-refractivity contribution in [1.29, 1.82) is 0 Å². The van der Waals surface area contributed by atoms with Gasteiger partial charge < -0.3 is 5.11 Å². The van der Waals surface area contributed by atoms with Crippen LogP contribution in [0.1, 0.15) is 57.8 Å². The largest absolute Gasteiger partial charge is 0.396 e. The Morgan fingerprint density at radius 2 is 1.67 bits per heavy atom. The highest BCUT2D eigenvalue weighted by Crippen LogP contribution is 2.40. The summed E-state index contributed by atoms with van der Waals surface area (Å²) in [5.41, 5.74) is 0. The van der Waals surface area contributed by atoms with Gasteiger partial charge in [-0.1, -0.05) is 38.5 Å². The van der Waals surface area contributed by atoms with Crippen molar-refractivity contribution in [1.82, 2.24) is 0 Å². The lowest BCUT2D eigenvalue weighted by molar-refractivity contribution is -0.538. The van der Waals surface area contributed by atoms with Gasteiger partial charge in [-0.3, -0.25) is 10.1 Å². The van der Waals surface area contributed by atoms with Gasteiger partial charge in [0.05, 0.1) is 0 Å². The minimum atomic E-state index is -0.405. The van der Waals surface area contributed by atoms with E-state index in [2.05, 4.69) is 0 Å². The molecular weight excluding hydrogens is 230 g/mol. The minimum absolute atomic E-state index is 0.0880. The van der Waals surface area contributed by atoms with Crippen LogP contribution in [-0.4, -0.2) is 22.7 Å². The molecule has 0 spiro atoms. The van der Waals surface area contributed by atoms with Crippen molar-refractivity contribution in [2.45, 2.75) is 63.8 Å². The summed E-state index contributed by atoms with van der Waals surface area (Å²) in [6, 6.07) is -0.405. The maximum atomic E-state index is 11.2. The molecule has 2 aliphatic rings. The van der Waals surface area contributed by atoms with Crippen LogP contribution in [0.2, 0.25) is 0 Å². The van der Waals surface area contributed by atoms with Gasteiger partial charge in [0.2, 0.25) is 6.04 Å². The average molecular weight is 255 g/mol. The molecule has 0 aromatic carbocycles. The molecule has 2 rings (SSSR count). The second-order valence-electron chi connectivity index (χ2n) is 6.05. The SMILES string of the molecule is O=[N+]([O-])[C@H]1CCCC[C@H]1C(CO)C1CCCCC1. The number of nitro groups is 1. The molecule has 0 heterocycles. The van der Waals surface area contributed by atoms with Gasteiger partial charge in [-0.25, -0.2) is 0 Å². The molecule has 0 bridgehead atoms. The molecule has 2 fully saturated rings. The Hall–Kier alpha value is -0.640. The molecule has 0 radical (unpaired) electrons. The predicted octanol–water partition coefficient (Wildman–Crippen LogP) is 3.01.